The highest BCUT2D eigenvalue weighted by molar-refractivity contribution is 9.09. The SMILES string of the molecule is O=C(CBr)Nc1cccc(OC(F)F)c1. The number of benzene rings is 1. The first kappa shape index (κ1) is 11.9. The first-order chi connectivity index (χ1) is 7.11. The summed E-state index contributed by atoms with van der Waals surface area (Å²) in [6.45, 7) is -2.87. The summed E-state index contributed by atoms with van der Waals surface area (Å²) in [7, 11) is 0. The van der Waals surface area contributed by atoms with E-state index >= 15 is 0 Å². The van der Waals surface area contributed by atoms with Gasteiger partial charge in [0.05, 0.1) is 5.33 Å². The molecule has 0 bridgehead atoms. The fourth-order valence-electron chi connectivity index (χ4n) is 0.944. The van der Waals surface area contributed by atoms with E-state index in [0.717, 1.165) is 0 Å². The molecule has 6 heteroatoms. The number of carbonyl (C=O) groups excluding carboxylic acids is 1. The third-order valence-electron chi connectivity index (χ3n) is 1.46. The lowest BCUT2D eigenvalue weighted by atomic mass is 10.3. The summed E-state index contributed by atoms with van der Waals surface area (Å²) in [4.78, 5) is 11.0. The quantitative estimate of drug-likeness (QED) is 0.861. The minimum absolute atomic E-state index is 0.0115. The fourth-order valence-corrected chi connectivity index (χ4v) is 1.08. The normalized spacial score (nSPS) is 10.1. The second-order valence-electron chi connectivity index (χ2n) is 2.59. The molecule has 82 valence electrons. The molecule has 1 rings (SSSR count). The smallest absolute Gasteiger partial charge is 0.387 e. The number of nitrogens with one attached hydrogen (secondary N) is 1. The number of hydrogen-bond acceptors (Lipinski definition) is 2. The molecule has 15 heavy (non-hydrogen) atoms. The minimum atomic E-state index is -2.87. The predicted octanol–water partition coefficient (Wildman–Crippen LogP) is 2.62. The van der Waals surface area contributed by atoms with E-state index < -0.39 is 6.61 Å². The molecule has 1 aromatic rings. The number of alkyl halides is 3. The van der Waals surface area contributed by atoms with Crippen LogP contribution in [0.25, 0.3) is 0 Å². The third-order valence-corrected chi connectivity index (χ3v) is 1.97. The van der Waals surface area contributed by atoms with Crippen LogP contribution in [0.2, 0.25) is 0 Å². The number of halogens is 3. The van der Waals surface area contributed by atoms with Crippen molar-refractivity contribution in [1.82, 2.24) is 0 Å². The van der Waals surface area contributed by atoms with E-state index in [1.54, 1.807) is 6.07 Å². The topological polar surface area (TPSA) is 38.3 Å². The van der Waals surface area contributed by atoms with Gasteiger partial charge in [0.15, 0.2) is 0 Å². The maximum Gasteiger partial charge on any atom is 0.387 e. The molecule has 1 amide bonds. The Bertz CT molecular complexity index is 347. The van der Waals surface area contributed by atoms with Crippen LogP contribution in [0.1, 0.15) is 0 Å². The summed E-state index contributed by atoms with van der Waals surface area (Å²) >= 11 is 2.97. The van der Waals surface area contributed by atoms with Crippen molar-refractivity contribution in [1.29, 1.82) is 0 Å². The van der Waals surface area contributed by atoms with Gasteiger partial charge in [0.25, 0.3) is 0 Å². The molecule has 0 unspecified atom stereocenters. The summed E-state index contributed by atoms with van der Waals surface area (Å²) < 4.78 is 27.9. The van der Waals surface area contributed by atoms with Gasteiger partial charge < -0.3 is 10.1 Å². The summed E-state index contributed by atoms with van der Waals surface area (Å²) in [5.41, 5.74) is 0.414. The lowest BCUT2D eigenvalue weighted by Crippen LogP contribution is -2.12. The Morgan fingerprint density at radius 1 is 1.53 bits per heavy atom. The first-order valence-corrected chi connectivity index (χ1v) is 5.14. The molecule has 0 fully saturated rings. The van der Waals surface area contributed by atoms with Gasteiger partial charge in [0.2, 0.25) is 5.91 Å². The van der Waals surface area contributed by atoms with Crippen LogP contribution in [-0.2, 0) is 4.79 Å². The number of ether oxygens (including phenoxy) is 1. The highest BCUT2D eigenvalue weighted by Gasteiger charge is 2.05. The van der Waals surface area contributed by atoms with Gasteiger partial charge in [0.1, 0.15) is 5.75 Å². The van der Waals surface area contributed by atoms with E-state index in [0.29, 0.717) is 5.69 Å². The third kappa shape index (κ3) is 4.24. The molecular weight excluding hydrogens is 272 g/mol. The van der Waals surface area contributed by atoms with Crippen LogP contribution in [0, 0.1) is 0 Å². The maximum atomic E-state index is 11.9. The molecule has 1 N–H and O–H groups in total. The van der Waals surface area contributed by atoms with Gasteiger partial charge in [0, 0.05) is 11.8 Å². The van der Waals surface area contributed by atoms with Gasteiger partial charge in [-0.1, -0.05) is 22.0 Å². The minimum Gasteiger partial charge on any atom is -0.435 e. The highest BCUT2D eigenvalue weighted by Crippen LogP contribution is 2.19. The molecule has 0 saturated carbocycles. The summed E-state index contributed by atoms with van der Waals surface area (Å²) in [5.74, 6) is -0.249. The summed E-state index contributed by atoms with van der Waals surface area (Å²) in [6.07, 6.45) is 0. The Kier molecular flexibility index (Phi) is 4.48. The van der Waals surface area contributed by atoms with E-state index in [2.05, 4.69) is 26.0 Å². The predicted molar refractivity (Wildman–Crippen MR) is 55.5 cm³/mol. The maximum absolute atomic E-state index is 11.9. The Morgan fingerprint density at radius 3 is 2.87 bits per heavy atom. The van der Waals surface area contributed by atoms with Crippen LogP contribution in [0.4, 0.5) is 14.5 Å². The van der Waals surface area contributed by atoms with Crippen LogP contribution in [0.5, 0.6) is 5.75 Å². The Labute approximate surface area is 93.5 Å². The molecule has 3 nitrogen and oxygen atoms in total. The van der Waals surface area contributed by atoms with E-state index in [4.69, 9.17) is 0 Å². The van der Waals surface area contributed by atoms with Crippen molar-refractivity contribution < 1.29 is 18.3 Å². The van der Waals surface area contributed by atoms with Crippen LogP contribution in [-0.4, -0.2) is 17.8 Å². The molecule has 1 aromatic carbocycles. The largest absolute Gasteiger partial charge is 0.435 e. The average molecular weight is 280 g/mol. The van der Waals surface area contributed by atoms with Crippen LogP contribution < -0.4 is 10.1 Å². The zero-order valence-electron chi connectivity index (χ0n) is 7.54. The zero-order chi connectivity index (χ0) is 11.3. The van der Waals surface area contributed by atoms with Gasteiger partial charge >= 0.3 is 6.61 Å². The van der Waals surface area contributed by atoms with Crippen molar-refractivity contribution in [3.8, 4) is 5.75 Å². The van der Waals surface area contributed by atoms with E-state index in [-0.39, 0.29) is 17.0 Å². The van der Waals surface area contributed by atoms with Crippen molar-refractivity contribution in [3.05, 3.63) is 24.3 Å². The van der Waals surface area contributed by atoms with Crippen molar-refractivity contribution in [2.75, 3.05) is 10.6 Å². The molecular formula is C9H8BrF2NO2. The van der Waals surface area contributed by atoms with Gasteiger partial charge in [-0.15, -0.1) is 0 Å². The van der Waals surface area contributed by atoms with Crippen molar-refractivity contribution >= 4 is 27.5 Å². The first-order valence-electron chi connectivity index (χ1n) is 4.02. The Hall–Kier alpha value is -1.17. The standard InChI is InChI=1S/C9H8BrF2NO2/c10-5-8(14)13-6-2-1-3-7(4-6)15-9(11)12/h1-4,9H,5H2,(H,13,14). The van der Waals surface area contributed by atoms with Gasteiger partial charge in [-0.05, 0) is 12.1 Å². The number of rotatable bonds is 4. The fraction of sp³-hybridized carbons (Fsp3) is 0.222. The van der Waals surface area contributed by atoms with Gasteiger partial charge in [-0.25, -0.2) is 0 Å². The second-order valence-corrected chi connectivity index (χ2v) is 3.15. The number of hydrogen-bond donors (Lipinski definition) is 1. The summed E-state index contributed by atoms with van der Waals surface area (Å²) in [5, 5.41) is 2.64. The summed E-state index contributed by atoms with van der Waals surface area (Å²) in [6, 6.07) is 5.81. The Morgan fingerprint density at radius 2 is 2.27 bits per heavy atom. The van der Waals surface area contributed by atoms with Gasteiger partial charge in [-0.3, -0.25) is 4.79 Å². The van der Waals surface area contributed by atoms with E-state index in [1.165, 1.54) is 18.2 Å². The molecule has 0 aliphatic heterocycles. The van der Waals surface area contributed by atoms with Crippen molar-refractivity contribution in [3.63, 3.8) is 0 Å². The van der Waals surface area contributed by atoms with E-state index in [1.807, 2.05) is 0 Å². The zero-order valence-corrected chi connectivity index (χ0v) is 9.13. The Balaban J connectivity index is 2.69. The second kappa shape index (κ2) is 5.65. The number of carbonyl (C=O) groups is 1. The van der Waals surface area contributed by atoms with Crippen LogP contribution >= 0.6 is 15.9 Å². The van der Waals surface area contributed by atoms with Crippen LogP contribution in [0.3, 0.4) is 0 Å². The van der Waals surface area contributed by atoms with Crippen molar-refractivity contribution in [2.45, 2.75) is 6.61 Å². The monoisotopic (exact) mass is 279 g/mol. The lowest BCUT2D eigenvalue weighted by molar-refractivity contribution is -0.113. The molecule has 0 aliphatic carbocycles. The molecule has 0 radical (unpaired) electrons. The number of amides is 1. The van der Waals surface area contributed by atoms with Gasteiger partial charge in [-0.2, -0.15) is 8.78 Å². The lowest BCUT2D eigenvalue weighted by Gasteiger charge is -2.07. The molecule has 0 heterocycles. The molecule has 0 atom stereocenters. The van der Waals surface area contributed by atoms with Crippen molar-refractivity contribution in [2.24, 2.45) is 0 Å². The van der Waals surface area contributed by atoms with E-state index in [9.17, 15) is 13.6 Å². The average Bonchev–Trinajstić information content (AvgIpc) is 2.17. The molecule has 0 aliphatic rings. The highest BCUT2D eigenvalue weighted by atomic mass is 79.9. The number of anilines is 1. The molecule has 0 aromatic heterocycles. The molecule has 0 saturated heterocycles. The molecule has 0 spiro atoms. The van der Waals surface area contributed by atoms with Crippen LogP contribution in [0.15, 0.2) is 24.3 Å².